The lowest BCUT2D eigenvalue weighted by atomic mass is 10.2. The van der Waals surface area contributed by atoms with Crippen LogP contribution in [0.3, 0.4) is 0 Å². The van der Waals surface area contributed by atoms with Gasteiger partial charge < -0.3 is 5.32 Å². The highest BCUT2D eigenvalue weighted by Crippen LogP contribution is 2.21. The molecule has 6 heteroatoms. The average Bonchev–Trinajstić information content (AvgIpc) is 2.75. The molecule has 0 bridgehead atoms. The van der Waals surface area contributed by atoms with Crippen LogP contribution in [-0.4, -0.2) is 22.3 Å². The van der Waals surface area contributed by atoms with Gasteiger partial charge in [0.15, 0.2) is 6.29 Å². The molecule has 1 unspecified atom stereocenters. The third kappa shape index (κ3) is 3.52. The van der Waals surface area contributed by atoms with Crippen LogP contribution in [0.25, 0.3) is 0 Å². The summed E-state index contributed by atoms with van der Waals surface area (Å²) in [5, 5.41) is 3.37. The van der Waals surface area contributed by atoms with E-state index in [0.717, 1.165) is 6.42 Å². The number of carbonyl (C=O) groups is 1. The molecule has 0 aromatic carbocycles. The molecule has 4 nitrogen and oxygen atoms in total. The van der Waals surface area contributed by atoms with Gasteiger partial charge in [0, 0.05) is 22.2 Å². The van der Waals surface area contributed by atoms with Gasteiger partial charge in [0.25, 0.3) is 0 Å². The van der Waals surface area contributed by atoms with Gasteiger partial charge >= 0.3 is 0 Å². The second kappa shape index (κ2) is 6.12. The molecule has 2 rings (SSSR count). The number of aromatic nitrogens is 2. The van der Waals surface area contributed by atoms with Gasteiger partial charge in [-0.15, -0.1) is 11.3 Å². The van der Waals surface area contributed by atoms with Crippen LogP contribution in [0, 0.1) is 6.92 Å². The number of nitrogens with zero attached hydrogens (tertiary/aromatic N) is 2. The number of rotatable bonds is 5. The van der Waals surface area contributed by atoms with Crippen LogP contribution >= 0.6 is 22.9 Å². The maximum Gasteiger partial charge on any atom is 0.156 e. The van der Waals surface area contributed by atoms with E-state index in [2.05, 4.69) is 34.3 Å². The normalized spacial score (nSPS) is 12.2. The summed E-state index contributed by atoms with van der Waals surface area (Å²) in [5.41, 5.74) is 0.304. The molecule has 0 amide bonds. The SMILES string of the molecule is Cc1ccc(CC(C)Nc2ncnc(Cl)c2C=O)s1. The van der Waals surface area contributed by atoms with Gasteiger partial charge in [-0.2, -0.15) is 0 Å². The Balaban J connectivity index is 2.08. The molecule has 100 valence electrons. The van der Waals surface area contributed by atoms with E-state index in [1.54, 1.807) is 11.3 Å². The number of hydrogen-bond donors (Lipinski definition) is 1. The largest absolute Gasteiger partial charge is 0.367 e. The van der Waals surface area contributed by atoms with E-state index in [0.29, 0.717) is 17.7 Å². The highest BCUT2D eigenvalue weighted by molar-refractivity contribution is 7.11. The molecular formula is C13H14ClN3OS. The summed E-state index contributed by atoms with van der Waals surface area (Å²) in [5.74, 6) is 0.482. The Kier molecular flexibility index (Phi) is 4.50. The Bertz CT molecular complexity index is 585. The van der Waals surface area contributed by atoms with Crippen molar-refractivity contribution < 1.29 is 4.79 Å². The molecule has 1 atom stereocenters. The third-order valence-corrected chi connectivity index (χ3v) is 3.96. The van der Waals surface area contributed by atoms with Crippen LogP contribution in [-0.2, 0) is 6.42 Å². The summed E-state index contributed by atoms with van der Waals surface area (Å²) in [4.78, 5) is 21.4. The molecule has 0 aliphatic heterocycles. The molecule has 2 heterocycles. The van der Waals surface area contributed by atoms with E-state index in [9.17, 15) is 4.79 Å². The molecule has 0 aliphatic carbocycles. The van der Waals surface area contributed by atoms with Gasteiger partial charge in [-0.05, 0) is 26.0 Å². The lowest BCUT2D eigenvalue weighted by Gasteiger charge is -2.14. The van der Waals surface area contributed by atoms with Gasteiger partial charge in [0.2, 0.25) is 0 Å². The molecule has 2 aromatic rings. The van der Waals surface area contributed by atoms with Gasteiger partial charge in [0.1, 0.15) is 17.3 Å². The van der Waals surface area contributed by atoms with Crippen LogP contribution in [0.2, 0.25) is 5.15 Å². The minimum absolute atomic E-state index is 0.155. The van der Waals surface area contributed by atoms with Gasteiger partial charge in [0.05, 0.1) is 5.56 Å². The lowest BCUT2D eigenvalue weighted by molar-refractivity contribution is 0.112. The van der Waals surface area contributed by atoms with E-state index in [1.165, 1.54) is 16.1 Å². The Morgan fingerprint density at radius 3 is 2.89 bits per heavy atom. The molecule has 1 N–H and O–H groups in total. The maximum atomic E-state index is 11.0. The summed E-state index contributed by atoms with van der Waals surface area (Å²) in [6, 6.07) is 4.37. The molecule has 0 radical (unpaired) electrons. The van der Waals surface area contributed by atoms with E-state index < -0.39 is 0 Å². The average molecular weight is 296 g/mol. The molecule has 0 fully saturated rings. The van der Waals surface area contributed by atoms with Crippen molar-refractivity contribution in [3.8, 4) is 0 Å². The lowest BCUT2D eigenvalue weighted by Crippen LogP contribution is -2.19. The molecule has 19 heavy (non-hydrogen) atoms. The fourth-order valence-corrected chi connectivity index (χ4v) is 2.97. The van der Waals surface area contributed by atoms with E-state index in [-0.39, 0.29) is 11.2 Å². The summed E-state index contributed by atoms with van der Waals surface area (Å²) in [6.07, 6.45) is 2.89. The Morgan fingerprint density at radius 1 is 1.47 bits per heavy atom. The van der Waals surface area contributed by atoms with Crippen LogP contribution in [0.5, 0.6) is 0 Å². The number of aryl methyl sites for hydroxylation is 1. The second-order valence-corrected chi connectivity index (χ2v) is 6.04. The number of anilines is 1. The molecule has 0 aliphatic rings. The second-order valence-electron chi connectivity index (χ2n) is 4.31. The van der Waals surface area contributed by atoms with E-state index in [4.69, 9.17) is 11.6 Å². The summed E-state index contributed by atoms with van der Waals surface area (Å²) < 4.78 is 0. The zero-order valence-corrected chi connectivity index (χ0v) is 12.3. The Morgan fingerprint density at radius 2 is 2.26 bits per heavy atom. The Labute approximate surface area is 120 Å². The summed E-state index contributed by atoms with van der Waals surface area (Å²) in [7, 11) is 0. The van der Waals surface area contributed by atoms with Crippen LogP contribution in [0.15, 0.2) is 18.5 Å². The summed E-state index contributed by atoms with van der Waals surface area (Å²) in [6.45, 7) is 4.13. The number of aldehydes is 1. The van der Waals surface area contributed by atoms with Crippen molar-refractivity contribution in [3.63, 3.8) is 0 Å². The van der Waals surface area contributed by atoms with Crippen molar-refractivity contribution in [2.75, 3.05) is 5.32 Å². The van der Waals surface area contributed by atoms with Crippen molar-refractivity contribution in [1.82, 2.24) is 9.97 Å². The highest BCUT2D eigenvalue weighted by Gasteiger charge is 2.12. The first-order valence-electron chi connectivity index (χ1n) is 5.87. The highest BCUT2D eigenvalue weighted by atomic mass is 35.5. The minimum atomic E-state index is 0.155. The zero-order chi connectivity index (χ0) is 13.8. The van der Waals surface area contributed by atoms with Crippen molar-refractivity contribution >= 4 is 35.0 Å². The monoisotopic (exact) mass is 295 g/mol. The third-order valence-electron chi connectivity index (χ3n) is 2.64. The molecule has 2 aromatic heterocycles. The van der Waals surface area contributed by atoms with Crippen molar-refractivity contribution in [2.24, 2.45) is 0 Å². The van der Waals surface area contributed by atoms with Gasteiger partial charge in [-0.25, -0.2) is 9.97 Å². The topological polar surface area (TPSA) is 54.9 Å². The van der Waals surface area contributed by atoms with Gasteiger partial charge in [-0.3, -0.25) is 4.79 Å². The fourth-order valence-electron chi connectivity index (χ4n) is 1.77. The number of carbonyl (C=O) groups excluding carboxylic acids is 1. The van der Waals surface area contributed by atoms with Crippen molar-refractivity contribution in [3.05, 3.63) is 38.9 Å². The van der Waals surface area contributed by atoms with Gasteiger partial charge in [-0.1, -0.05) is 11.6 Å². The van der Waals surface area contributed by atoms with Crippen LogP contribution in [0.1, 0.15) is 27.0 Å². The van der Waals surface area contributed by atoms with Crippen LogP contribution in [0.4, 0.5) is 5.82 Å². The van der Waals surface area contributed by atoms with E-state index >= 15 is 0 Å². The maximum absolute atomic E-state index is 11.0. The Hall–Kier alpha value is -1.46. The summed E-state index contributed by atoms with van der Waals surface area (Å²) >= 11 is 7.63. The first-order chi connectivity index (χ1) is 9.10. The number of halogens is 1. The quantitative estimate of drug-likeness (QED) is 0.679. The smallest absolute Gasteiger partial charge is 0.156 e. The predicted octanol–water partition coefficient (Wildman–Crippen LogP) is 3.36. The molecular weight excluding hydrogens is 282 g/mol. The van der Waals surface area contributed by atoms with Crippen LogP contribution < -0.4 is 5.32 Å². The minimum Gasteiger partial charge on any atom is -0.367 e. The van der Waals surface area contributed by atoms with Crippen molar-refractivity contribution in [1.29, 1.82) is 0 Å². The molecule has 0 spiro atoms. The molecule has 0 saturated carbocycles. The number of nitrogens with one attached hydrogen (secondary N) is 1. The fraction of sp³-hybridized carbons (Fsp3) is 0.308. The van der Waals surface area contributed by atoms with E-state index in [1.807, 2.05) is 6.92 Å². The molecule has 0 saturated heterocycles. The van der Waals surface area contributed by atoms with Crippen molar-refractivity contribution in [2.45, 2.75) is 26.3 Å². The first kappa shape index (κ1) is 14.0. The zero-order valence-electron chi connectivity index (χ0n) is 10.7. The first-order valence-corrected chi connectivity index (χ1v) is 7.07. The standard InChI is InChI=1S/C13H14ClN3OS/c1-8(5-10-4-3-9(2)19-10)17-13-11(6-18)12(14)15-7-16-13/h3-4,6-8H,5H2,1-2H3,(H,15,16,17). The predicted molar refractivity (Wildman–Crippen MR) is 78.3 cm³/mol. The number of hydrogen-bond acceptors (Lipinski definition) is 5. The number of thiophene rings is 1.